The number of rotatable bonds is 3. The highest BCUT2D eigenvalue weighted by atomic mass is 35.5. The van der Waals surface area contributed by atoms with Gasteiger partial charge in [0.2, 0.25) is 5.91 Å². The van der Waals surface area contributed by atoms with E-state index in [-0.39, 0.29) is 11.9 Å². The van der Waals surface area contributed by atoms with Crippen molar-refractivity contribution in [2.45, 2.75) is 25.8 Å². The van der Waals surface area contributed by atoms with Crippen LogP contribution in [0, 0.1) is 6.92 Å². The quantitative estimate of drug-likeness (QED) is 0.884. The Hall–Kier alpha value is -2.07. The third kappa shape index (κ3) is 2.79. The Labute approximate surface area is 134 Å². The molecule has 22 heavy (non-hydrogen) atoms. The molecule has 1 heterocycles. The minimum Gasteiger partial charge on any atom is -0.346 e. The number of amides is 1. The van der Waals surface area contributed by atoms with Crippen LogP contribution in [0.25, 0.3) is 6.08 Å². The summed E-state index contributed by atoms with van der Waals surface area (Å²) < 4.78 is 1.60. The number of benzene rings is 1. The molecule has 0 saturated carbocycles. The molecule has 0 bridgehead atoms. The summed E-state index contributed by atoms with van der Waals surface area (Å²) in [6.45, 7) is 1.87. The minimum atomic E-state index is -0.110. The second kappa shape index (κ2) is 5.97. The zero-order chi connectivity index (χ0) is 15.7. The number of aryl methyl sites for hydroxylation is 3. The van der Waals surface area contributed by atoms with Gasteiger partial charge in [-0.25, -0.2) is 0 Å². The number of nitrogens with zero attached hydrogens (tertiary/aromatic N) is 2. The zero-order valence-corrected chi connectivity index (χ0v) is 13.4. The maximum absolute atomic E-state index is 12.1. The lowest BCUT2D eigenvalue weighted by molar-refractivity contribution is -0.117. The summed E-state index contributed by atoms with van der Waals surface area (Å²) in [7, 11) is 1.78. The molecule has 4 nitrogen and oxygen atoms in total. The molecular formula is C17H18ClN3O. The van der Waals surface area contributed by atoms with Gasteiger partial charge < -0.3 is 5.32 Å². The fourth-order valence-electron chi connectivity index (χ4n) is 2.92. The minimum absolute atomic E-state index is 0.0961. The molecule has 1 aromatic carbocycles. The fraction of sp³-hybridized carbons (Fsp3) is 0.294. The van der Waals surface area contributed by atoms with E-state index in [0.29, 0.717) is 5.15 Å². The molecule has 1 aliphatic carbocycles. The van der Waals surface area contributed by atoms with Crippen LogP contribution < -0.4 is 5.32 Å². The van der Waals surface area contributed by atoms with E-state index in [2.05, 4.69) is 22.5 Å². The highest BCUT2D eigenvalue weighted by Crippen LogP contribution is 2.30. The lowest BCUT2D eigenvalue weighted by Crippen LogP contribution is -2.25. The van der Waals surface area contributed by atoms with Crippen LogP contribution in [-0.2, 0) is 18.3 Å². The number of fused-ring (bicyclic) bond motifs is 1. The summed E-state index contributed by atoms with van der Waals surface area (Å²) >= 11 is 6.15. The van der Waals surface area contributed by atoms with E-state index in [4.69, 9.17) is 11.6 Å². The molecule has 0 fully saturated rings. The molecule has 1 aliphatic rings. The van der Waals surface area contributed by atoms with E-state index in [1.807, 2.05) is 19.1 Å². The van der Waals surface area contributed by atoms with Gasteiger partial charge in [-0.3, -0.25) is 9.48 Å². The molecule has 1 amide bonds. The summed E-state index contributed by atoms with van der Waals surface area (Å²) in [6.07, 6.45) is 5.21. The molecule has 1 unspecified atom stereocenters. The number of halogens is 1. The number of hydrogen-bond donors (Lipinski definition) is 1. The Morgan fingerprint density at radius 3 is 2.95 bits per heavy atom. The lowest BCUT2D eigenvalue weighted by atomic mass is 10.1. The van der Waals surface area contributed by atoms with Crippen LogP contribution in [-0.4, -0.2) is 15.7 Å². The Morgan fingerprint density at radius 2 is 2.23 bits per heavy atom. The third-order valence-corrected chi connectivity index (χ3v) is 4.50. The third-order valence-electron chi connectivity index (χ3n) is 4.05. The Bertz CT molecular complexity index is 748. The van der Waals surface area contributed by atoms with Crippen LogP contribution in [0.1, 0.15) is 34.8 Å². The molecule has 1 N–H and O–H groups in total. The number of carbonyl (C=O) groups is 1. The van der Waals surface area contributed by atoms with Crippen LogP contribution in [0.3, 0.4) is 0 Å². The van der Waals surface area contributed by atoms with E-state index in [1.54, 1.807) is 17.8 Å². The van der Waals surface area contributed by atoms with Crippen molar-refractivity contribution in [3.63, 3.8) is 0 Å². The Kier molecular flexibility index (Phi) is 4.03. The van der Waals surface area contributed by atoms with Crippen molar-refractivity contribution in [1.29, 1.82) is 0 Å². The van der Waals surface area contributed by atoms with Crippen molar-refractivity contribution in [3.05, 3.63) is 57.9 Å². The van der Waals surface area contributed by atoms with Gasteiger partial charge in [0.05, 0.1) is 11.7 Å². The standard InChI is InChI=1S/C17H18ClN3O/c1-11-13(17(18)21(2)20-11)8-10-16(22)19-15-9-7-12-5-3-4-6-14(12)15/h3-6,8,10,15H,7,9H2,1-2H3,(H,19,22)/b10-8+. The summed E-state index contributed by atoms with van der Waals surface area (Å²) in [5, 5.41) is 7.81. The second-order valence-corrected chi connectivity index (χ2v) is 5.90. The van der Waals surface area contributed by atoms with E-state index in [0.717, 1.165) is 24.1 Å². The predicted molar refractivity (Wildman–Crippen MR) is 87.6 cm³/mol. The maximum Gasteiger partial charge on any atom is 0.244 e. The van der Waals surface area contributed by atoms with Gasteiger partial charge in [-0.15, -0.1) is 0 Å². The van der Waals surface area contributed by atoms with Crippen molar-refractivity contribution in [2.24, 2.45) is 7.05 Å². The Morgan fingerprint density at radius 1 is 1.45 bits per heavy atom. The topological polar surface area (TPSA) is 46.9 Å². The van der Waals surface area contributed by atoms with E-state index < -0.39 is 0 Å². The highest BCUT2D eigenvalue weighted by molar-refractivity contribution is 6.31. The average Bonchev–Trinajstić information content (AvgIpc) is 3.00. The monoisotopic (exact) mass is 315 g/mol. The van der Waals surface area contributed by atoms with Gasteiger partial charge in [0.25, 0.3) is 0 Å². The van der Waals surface area contributed by atoms with Gasteiger partial charge in [0.1, 0.15) is 5.15 Å². The average molecular weight is 316 g/mol. The number of carbonyl (C=O) groups excluding carboxylic acids is 1. The van der Waals surface area contributed by atoms with Crippen LogP contribution in [0.15, 0.2) is 30.3 Å². The molecule has 0 aliphatic heterocycles. The van der Waals surface area contributed by atoms with Crippen LogP contribution >= 0.6 is 11.6 Å². The van der Waals surface area contributed by atoms with Gasteiger partial charge in [-0.05, 0) is 37.0 Å². The first-order chi connectivity index (χ1) is 10.6. The van der Waals surface area contributed by atoms with E-state index in [1.165, 1.54) is 17.2 Å². The van der Waals surface area contributed by atoms with Gasteiger partial charge in [0.15, 0.2) is 0 Å². The zero-order valence-electron chi connectivity index (χ0n) is 12.6. The molecule has 0 spiro atoms. The van der Waals surface area contributed by atoms with E-state index >= 15 is 0 Å². The molecule has 0 radical (unpaired) electrons. The normalized spacial score (nSPS) is 17.0. The number of aromatic nitrogens is 2. The van der Waals surface area contributed by atoms with Crippen molar-refractivity contribution < 1.29 is 4.79 Å². The van der Waals surface area contributed by atoms with E-state index in [9.17, 15) is 4.79 Å². The molecule has 114 valence electrons. The van der Waals surface area contributed by atoms with Crippen LogP contribution in [0.2, 0.25) is 5.15 Å². The Balaban J connectivity index is 1.70. The highest BCUT2D eigenvalue weighted by Gasteiger charge is 2.22. The second-order valence-electron chi connectivity index (χ2n) is 5.55. The summed E-state index contributed by atoms with van der Waals surface area (Å²) in [5.41, 5.74) is 4.14. The maximum atomic E-state index is 12.1. The van der Waals surface area contributed by atoms with Crippen molar-refractivity contribution in [2.75, 3.05) is 0 Å². The lowest BCUT2D eigenvalue weighted by Gasteiger charge is -2.12. The molecule has 3 rings (SSSR count). The molecule has 1 atom stereocenters. The molecule has 5 heteroatoms. The molecule has 2 aromatic rings. The SMILES string of the molecule is Cc1nn(C)c(Cl)c1/C=C/C(=O)NC1CCc2ccccc21. The predicted octanol–water partition coefficient (Wildman–Crippen LogP) is 3.20. The largest absolute Gasteiger partial charge is 0.346 e. The summed E-state index contributed by atoms with van der Waals surface area (Å²) in [5.74, 6) is -0.110. The number of nitrogens with one attached hydrogen (secondary N) is 1. The molecule has 1 aromatic heterocycles. The molecule has 0 saturated heterocycles. The van der Waals surface area contributed by atoms with Crippen LogP contribution in [0.5, 0.6) is 0 Å². The summed E-state index contributed by atoms with van der Waals surface area (Å²) in [6, 6.07) is 8.35. The molecular weight excluding hydrogens is 298 g/mol. The van der Waals surface area contributed by atoms with Gasteiger partial charge >= 0.3 is 0 Å². The fourth-order valence-corrected chi connectivity index (χ4v) is 3.16. The van der Waals surface area contributed by atoms with Crippen LogP contribution in [0.4, 0.5) is 0 Å². The van der Waals surface area contributed by atoms with Crippen molar-refractivity contribution in [1.82, 2.24) is 15.1 Å². The van der Waals surface area contributed by atoms with Crippen molar-refractivity contribution >= 4 is 23.6 Å². The smallest absolute Gasteiger partial charge is 0.244 e. The van der Waals surface area contributed by atoms with Gasteiger partial charge in [-0.1, -0.05) is 35.9 Å². The van der Waals surface area contributed by atoms with Gasteiger partial charge in [0, 0.05) is 18.7 Å². The number of hydrogen-bond acceptors (Lipinski definition) is 2. The first-order valence-corrected chi connectivity index (χ1v) is 7.69. The first-order valence-electron chi connectivity index (χ1n) is 7.31. The summed E-state index contributed by atoms with van der Waals surface area (Å²) in [4.78, 5) is 12.1. The van der Waals surface area contributed by atoms with Gasteiger partial charge in [-0.2, -0.15) is 5.10 Å². The first kappa shape index (κ1) is 14.9. The van der Waals surface area contributed by atoms with Crippen molar-refractivity contribution in [3.8, 4) is 0 Å².